The van der Waals surface area contributed by atoms with Crippen molar-refractivity contribution in [1.82, 2.24) is 9.97 Å². The first-order chi connectivity index (χ1) is 9.97. The van der Waals surface area contributed by atoms with Gasteiger partial charge in [0.25, 0.3) is 0 Å². The summed E-state index contributed by atoms with van der Waals surface area (Å²) in [4.78, 5) is 18.5. The van der Waals surface area contributed by atoms with E-state index < -0.39 is 4.92 Å². The van der Waals surface area contributed by atoms with Crippen LogP contribution in [0.25, 0.3) is 11.3 Å². The Labute approximate surface area is 125 Å². The molecule has 0 atom stereocenters. The van der Waals surface area contributed by atoms with E-state index in [4.69, 9.17) is 21.1 Å². The van der Waals surface area contributed by atoms with Crippen molar-refractivity contribution >= 4 is 17.3 Å². The summed E-state index contributed by atoms with van der Waals surface area (Å²) in [5, 5.41) is 11.2. The Morgan fingerprint density at radius 1 is 1.19 bits per heavy atom. The van der Waals surface area contributed by atoms with Gasteiger partial charge in [-0.15, -0.1) is 0 Å². The summed E-state index contributed by atoms with van der Waals surface area (Å²) >= 11 is 5.81. The van der Waals surface area contributed by atoms with E-state index in [0.717, 1.165) is 0 Å². The standard InChI is InChI=1S/C13H12ClN3O4/c1-7-12(17(18)19)11(16-13(14)15-7)8-4-5-9(20-2)10(6-8)21-3/h4-6H,1-3H3. The maximum atomic E-state index is 11.2. The highest BCUT2D eigenvalue weighted by Crippen LogP contribution is 2.36. The van der Waals surface area contributed by atoms with Gasteiger partial charge in [-0.05, 0) is 36.7 Å². The molecule has 0 amide bonds. The smallest absolute Gasteiger partial charge is 0.316 e. The highest BCUT2D eigenvalue weighted by molar-refractivity contribution is 6.28. The van der Waals surface area contributed by atoms with E-state index in [9.17, 15) is 10.1 Å². The van der Waals surface area contributed by atoms with Crippen molar-refractivity contribution in [2.75, 3.05) is 14.2 Å². The van der Waals surface area contributed by atoms with Crippen LogP contribution in [0.15, 0.2) is 18.2 Å². The summed E-state index contributed by atoms with van der Waals surface area (Å²) in [7, 11) is 2.99. The Balaban J connectivity index is 2.69. The van der Waals surface area contributed by atoms with Crippen molar-refractivity contribution in [3.63, 3.8) is 0 Å². The first-order valence-electron chi connectivity index (χ1n) is 5.88. The second-order valence-corrected chi connectivity index (χ2v) is 4.44. The Hall–Kier alpha value is -2.41. The molecule has 0 saturated carbocycles. The van der Waals surface area contributed by atoms with Crippen LogP contribution in [-0.4, -0.2) is 29.1 Å². The third-order valence-electron chi connectivity index (χ3n) is 2.87. The Morgan fingerprint density at radius 2 is 1.86 bits per heavy atom. The van der Waals surface area contributed by atoms with Crippen molar-refractivity contribution in [3.8, 4) is 22.8 Å². The number of hydrogen-bond donors (Lipinski definition) is 0. The van der Waals surface area contributed by atoms with Crippen LogP contribution in [0.1, 0.15) is 5.69 Å². The largest absolute Gasteiger partial charge is 0.493 e. The number of aryl methyl sites for hydroxylation is 1. The number of hydrogen-bond acceptors (Lipinski definition) is 6. The summed E-state index contributed by atoms with van der Waals surface area (Å²) in [6, 6.07) is 4.89. The normalized spacial score (nSPS) is 10.3. The van der Waals surface area contributed by atoms with E-state index in [1.54, 1.807) is 18.2 Å². The SMILES string of the molecule is COc1ccc(-c2nc(Cl)nc(C)c2[N+](=O)[O-])cc1OC. The van der Waals surface area contributed by atoms with Gasteiger partial charge in [-0.2, -0.15) is 0 Å². The van der Waals surface area contributed by atoms with E-state index in [0.29, 0.717) is 17.1 Å². The highest BCUT2D eigenvalue weighted by atomic mass is 35.5. The fraction of sp³-hybridized carbons (Fsp3) is 0.231. The molecule has 7 nitrogen and oxygen atoms in total. The molecule has 8 heteroatoms. The van der Waals surface area contributed by atoms with Crippen LogP contribution in [0.5, 0.6) is 11.5 Å². The summed E-state index contributed by atoms with van der Waals surface area (Å²) in [5.41, 5.74) is 0.640. The molecule has 21 heavy (non-hydrogen) atoms. The molecule has 0 aliphatic carbocycles. The first kappa shape index (κ1) is 15.0. The molecule has 2 rings (SSSR count). The zero-order valence-corrected chi connectivity index (χ0v) is 12.3. The van der Waals surface area contributed by atoms with Gasteiger partial charge in [0, 0.05) is 5.56 Å². The van der Waals surface area contributed by atoms with Gasteiger partial charge in [0.15, 0.2) is 17.2 Å². The van der Waals surface area contributed by atoms with Crippen LogP contribution in [0.3, 0.4) is 0 Å². The number of halogens is 1. The molecular weight excluding hydrogens is 298 g/mol. The van der Waals surface area contributed by atoms with Crippen LogP contribution < -0.4 is 9.47 Å². The Kier molecular flexibility index (Phi) is 4.23. The van der Waals surface area contributed by atoms with Gasteiger partial charge in [0.1, 0.15) is 5.69 Å². The molecule has 0 spiro atoms. The van der Waals surface area contributed by atoms with Crippen molar-refractivity contribution in [1.29, 1.82) is 0 Å². The molecule has 2 aromatic rings. The monoisotopic (exact) mass is 309 g/mol. The van der Waals surface area contributed by atoms with Crippen LogP contribution in [0, 0.1) is 17.0 Å². The van der Waals surface area contributed by atoms with Crippen LogP contribution in [0.2, 0.25) is 5.28 Å². The number of nitrogens with zero attached hydrogens (tertiary/aromatic N) is 3. The average Bonchev–Trinajstić information content (AvgIpc) is 2.45. The molecule has 0 aliphatic rings. The van der Waals surface area contributed by atoms with Gasteiger partial charge < -0.3 is 9.47 Å². The van der Waals surface area contributed by atoms with Gasteiger partial charge in [0.05, 0.1) is 19.1 Å². The first-order valence-corrected chi connectivity index (χ1v) is 6.26. The lowest BCUT2D eigenvalue weighted by Gasteiger charge is -2.10. The molecule has 0 bridgehead atoms. The van der Waals surface area contributed by atoms with Crippen LogP contribution in [0.4, 0.5) is 5.69 Å². The summed E-state index contributed by atoms with van der Waals surface area (Å²) < 4.78 is 10.3. The minimum Gasteiger partial charge on any atom is -0.493 e. The van der Waals surface area contributed by atoms with Gasteiger partial charge in [0.2, 0.25) is 5.28 Å². The Bertz CT molecular complexity index is 706. The van der Waals surface area contributed by atoms with Gasteiger partial charge in [-0.3, -0.25) is 10.1 Å². The molecule has 1 heterocycles. The zero-order valence-electron chi connectivity index (χ0n) is 11.6. The number of aromatic nitrogens is 2. The number of nitro groups is 1. The maximum Gasteiger partial charge on any atom is 0.316 e. The molecule has 1 aromatic heterocycles. The Morgan fingerprint density at radius 3 is 2.43 bits per heavy atom. The predicted octanol–water partition coefficient (Wildman–Crippen LogP) is 3.03. The lowest BCUT2D eigenvalue weighted by Crippen LogP contribution is -2.01. The molecule has 0 fully saturated rings. The molecular formula is C13H12ClN3O4. The lowest BCUT2D eigenvalue weighted by atomic mass is 10.1. The molecule has 1 aromatic carbocycles. The summed E-state index contributed by atoms with van der Waals surface area (Å²) in [6.45, 7) is 1.51. The van der Waals surface area contributed by atoms with Crippen LogP contribution in [-0.2, 0) is 0 Å². The molecule has 110 valence electrons. The fourth-order valence-corrected chi connectivity index (χ4v) is 2.15. The topological polar surface area (TPSA) is 87.4 Å². The number of ether oxygens (including phenoxy) is 2. The quantitative estimate of drug-likeness (QED) is 0.490. The maximum absolute atomic E-state index is 11.2. The van der Waals surface area contributed by atoms with Crippen molar-refractivity contribution in [3.05, 3.63) is 39.3 Å². The molecule has 0 saturated heterocycles. The van der Waals surface area contributed by atoms with Crippen LogP contribution >= 0.6 is 11.6 Å². The minimum atomic E-state index is -0.530. The average molecular weight is 310 g/mol. The van der Waals surface area contributed by atoms with Gasteiger partial charge in [-0.1, -0.05) is 0 Å². The number of methoxy groups -OCH3 is 2. The highest BCUT2D eigenvalue weighted by Gasteiger charge is 2.23. The van der Waals surface area contributed by atoms with E-state index in [1.807, 2.05) is 0 Å². The summed E-state index contributed by atoms with van der Waals surface area (Å²) in [5.74, 6) is 0.956. The lowest BCUT2D eigenvalue weighted by molar-refractivity contribution is -0.385. The molecule has 0 unspecified atom stereocenters. The van der Waals surface area contributed by atoms with Crippen molar-refractivity contribution < 1.29 is 14.4 Å². The minimum absolute atomic E-state index is 0.0529. The molecule has 0 radical (unpaired) electrons. The summed E-state index contributed by atoms with van der Waals surface area (Å²) in [6.07, 6.45) is 0. The zero-order chi connectivity index (χ0) is 15.6. The van der Waals surface area contributed by atoms with Crippen molar-refractivity contribution in [2.24, 2.45) is 0 Å². The third kappa shape index (κ3) is 2.87. The van der Waals surface area contributed by atoms with E-state index in [1.165, 1.54) is 21.1 Å². The van der Waals surface area contributed by atoms with E-state index >= 15 is 0 Å². The number of rotatable bonds is 4. The van der Waals surface area contributed by atoms with E-state index in [-0.39, 0.29) is 22.4 Å². The van der Waals surface area contributed by atoms with Gasteiger partial charge >= 0.3 is 5.69 Å². The van der Waals surface area contributed by atoms with Gasteiger partial charge in [-0.25, -0.2) is 9.97 Å². The fourth-order valence-electron chi connectivity index (χ4n) is 1.94. The molecule has 0 aliphatic heterocycles. The van der Waals surface area contributed by atoms with Crippen molar-refractivity contribution in [2.45, 2.75) is 6.92 Å². The second-order valence-electron chi connectivity index (χ2n) is 4.10. The van der Waals surface area contributed by atoms with E-state index in [2.05, 4.69) is 9.97 Å². The molecule has 0 N–H and O–H groups in total. The number of benzene rings is 1. The third-order valence-corrected chi connectivity index (χ3v) is 3.04. The predicted molar refractivity (Wildman–Crippen MR) is 77.0 cm³/mol. The second kappa shape index (κ2) is 5.92.